The molecule has 1 aromatic carbocycles. The maximum absolute atomic E-state index is 11.4. The summed E-state index contributed by atoms with van der Waals surface area (Å²) in [6.45, 7) is 5.92. The standard InChI is InChI=1S/C13H17BrO3/c1-4-16-12(15)9-13(2,3)17-11-7-5-10(14)6-8-11/h5-8H,4,9H2,1-3H3. The van der Waals surface area contributed by atoms with E-state index in [0.717, 1.165) is 10.2 Å². The molecule has 1 aromatic rings. The predicted molar refractivity (Wildman–Crippen MR) is 70.1 cm³/mol. The van der Waals surface area contributed by atoms with Crippen LogP contribution < -0.4 is 4.74 Å². The second-order valence-electron chi connectivity index (χ2n) is 4.30. The van der Waals surface area contributed by atoms with Crippen LogP contribution in [0.15, 0.2) is 28.7 Å². The molecule has 0 atom stereocenters. The van der Waals surface area contributed by atoms with Gasteiger partial charge in [0.25, 0.3) is 0 Å². The SMILES string of the molecule is CCOC(=O)CC(C)(C)Oc1ccc(Br)cc1. The van der Waals surface area contributed by atoms with Gasteiger partial charge in [-0.15, -0.1) is 0 Å². The lowest BCUT2D eigenvalue weighted by molar-refractivity contribution is -0.146. The third-order valence-electron chi connectivity index (χ3n) is 2.08. The fourth-order valence-corrected chi connectivity index (χ4v) is 1.68. The van der Waals surface area contributed by atoms with E-state index in [9.17, 15) is 4.79 Å². The van der Waals surface area contributed by atoms with Gasteiger partial charge in [0.15, 0.2) is 0 Å². The summed E-state index contributed by atoms with van der Waals surface area (Å²) in [5.74, 6) is 0.497. The summed E-state index contributed by atoms with van der Waals surface area (Å²) >= 11 is 3.36. The molecule has 4 heteroatoms. The van der Waals surface area contributed by atoms with Crippen LogP contribution in [0, 0.1) is 0 Å². The highest BCUT2D eigenvalue weighted by Crippen LogP contribution is 2.23. The van der Waals surface area contributed by atoms with Gasteiger partial charge in [0.1, 0.15) is 11.4 Å². The van der Waals surface area contributed by atoms with Crippen molar-refractivity contribution < 1.29 is 14.3 Å². The Hall–Kier alpha value is -1.03. The molecule has 0 heterocycles. The molecule has 0 aliphatic heterocycles. The maximum Gasteiger partial charge on any atom is 0.309 e. The van der Waals surface area contributed by atoms with Crippen molar-refractivity contribution in [2.24, 2.45) is 0 Å². The summed E-state index contributed by atoms with van der Waals surface area (Å²) < 4.78 is 11.7. The highest BCUT2D eigenvalue weighted by Gasteiger charge is 2.24. The third kappa shape index (κ3) is 5.22. The number of carbonyl (C=O) groups excluding carboxylic acids is 1. The van der Waals surface area contributed by atoms with Crippen LogP contribution >= 0.6 is 15.9 Å². The third-order valence-corrected chi connectivity index (χ3v) is 2.61. The van der Waals surface area contributed by atoms with Crippen molar-refractivity contribution in [1.29, 1.82) is 0 Å². The number of rotatable bonds is 5. The van der Waals surface area contributed by atoms with E-state index in [-0.39, 0.29) is 12.4 Å². The Labute approximate surface area is 110 Å². The maximum atomic E-state index is 11.4. The molecule has 0 aliphatic carbocycles. The number of carbonyl (C=O) groups is 1. The number of halogens is 1. The van der Waals surface area contributed by atoms with Gasteiger partial charge >= 0.3 is 5.97 Å². The van der Waals surface area contributed by atoms with Crippen LogP contribution in [0.3, 0.4) is 0 Å². The Bertz CT molecular complexity index is 371. The van der Waals surface area contributed by atoms with Crippen LogP contribution in [0.5, 0.6) is 5.75 Å². The normalized spacial score (nSPS) is 11.1. The van der Waals surface area contributed by atoms with E-state index in [0.29, 0.717) is 6.61 Å². The number of benzene rings is 1. The van der Waals surface area contributed by atoms with Crippen molar-refractivity contribution in [3.05, 3.63) is 28.7 Å². The second-order valence-corrected chi connectivity index (χ2v) is 5.21. The molecule has 0 aromatic heterocycles. The first kappa shape index (κ1) is 14.0. The van der Waals surface area contributed by atoms with Gasteiger partial charge in [-0.05, 0) is 45.0 Å². The Morgan fingerprint density at radius 1 is 1.29 bits per heavy atom. The molecular weight excluding hydrogens is 284 g/mol. The van der Waals surface area contributed by atoms with Crippen molar-refractivity contribution in [2.75, 3.05) is 6.61 Å². The molecule has 3 nitrogen and oxygen atoms in total. The zero-order chi connectivity index (χ0) is 12.9. The monoisotopic (exact) mass is 300 g/mol. The molecule has 0 fully saturated rings. The molecule has 0 aliphatic rings. The lowest BCUT2D eigenvalue weighted by Gasteiger charge is -2.25. The van der Waals surface area contributed by atoms with E-state index < -0.39 is 5.60 Å². The number of esters is 1. The number of hydrogen-bond donors (Lipinski definition) is 0. The Morgan fingerprint density at radius 3 is 2.41 bits per heavy atom. The Balaban J connectivity index is 2.59. The lowest BCUT2D eigenvalue weighted by Crippen LogP contribution is -2.32. The van der Waals surface area contributed by atoms with Crippen LogP contribution in [0.2, 0.25) is 0 Å². The van der Waals surface area contributed by atoms with Gasteiger partial charge in [-0.1, -0.05) is 15.9 Å². The zero-order valence-corrected chi connectivity index (χ0v) is 11.9. The van der Waals surface area contributed by atoms with E-state index in [4.69, 9.17) is 9.47 Å². The first-order valence-electron chi connectivity index (χ1n) is 5.53. The first-order chi connectivity index (χ1) is 7.93. The highest BCUT2D eigenvalue weighted by atomic mass is 79.9. The average Bonchev–Trinajstić information content (AvgIpc) is 2.20. The van der Waals surface area contributed by atoms with Gasteiger partial charge in [0.2, 0.25) is 0 Å². The van der Waals surface area contributed by atoms with Gasteiger partial charge < -0.3 is 9.47 Å². The fraction of sp³-hybridized carbons (Fsp3) is 0.462. The summed E-state index contributed by atoms with van der Waals surface area (Å²) in [5.41, 5.74) is -0.569. The summed E-state index contributed by atoms with van der Waals surface area (Å²) in [6.07, 6.45) is 0.233. The molecule has 0 bridgehead atoms. The van der Waals surface area contributed by atoms with Crippen molar-refractivity contribution in [3.8, 4) is 5.75 Å². The second kappa shape index (κ2) is 6.05. The molecule has 0 spiro atoms. The predicted octanol–water partition coefficient (Wildman–Crippen LogP) is 3.56. The van der Waals surface area contributed by atoms with E-state index in [1.807, 2.05) is 38.1 Å². The molecule has 94 valence electrons. The fourth-order valence-electron chi connectivity index (χ4n) is 1.42. The minimum atomic E-state index is -0.569. The minimum Gasteiger partial charge on any atom is -0.487 e. The molecule has 1 rings (SSSR count). The molecule has 0 radical (unpaired) electrons. The number of hydrogen-bond acceptors (Lipinski definition) is 3. The van der Waals surface area contributed by atoms with Crippen molar-refractivity contribution in [3.63, 3.8) is 0 Å². The first-order valence-corrected chi connectivity index (χ1v) is 6.32. The minimum absolute atomic E-state index is 0.233. The largest absolute Gasteiger partial charge is 0.487 e. The highest BCUT2D eigenvalue weighted by molar-refractivity contribution is 9.10. The Morgan fingerprint density at radius 2 is 1.88 bits per heavy atom. The summed E-state index contributed by atoms with van der Waals surface area (Å²) in [4.78, 5) is 11.4. The quantitative estimate of drug-likeness (QED) is 0.780. The van der Waals surface area contributed by atoms with Crippen molar-refractivity contribution in [1.82, 2.24) is 0 Å². The molecule has 17 heavy (non-hydrogen) atoms. The van der Waals surface area contributed by atoms with Gasteiger partial charge in [0.05, 0.1) is 13.0 Å². The summed E-state index contributed by atoms with van der Waals surface area (Å²) in [7, 11) is 0. The van der Waals surface area contributed by atoms with Crippen LogP contribution in [0.1, 0.15) is 27.2 Å². The van der Waals surface area contributed by atoms with Crippen LogP contribution in [0.4, 0.5) is 0 Å². The van der Waals surface area contributed by atoms with Gasteiger partial charge in [-0.3, -0.25) is 4.79 Å². The van der Waals surface area contributed by atoms with Gasteiger partial charge in [0, 0.05) is 4.47 Å². The Kier molecular flexibility index (Phi) is 5.00. The summed E-state index contributed by atoms with van der Waals surface area (Å²) in [6, 6.07) is 7.51. The number of ether oxygens (including phenoxy) is 2. The van der Waals surface area contributed by atoms with E-state index in [1.54, 1.807) is 6.92 Å². The lowest BCUT2D eigenvalue weighted by atomic mass is 10.1. The zero-order valence-electron chi connectivity index (χ0n) is 10.3. The van der Waals surface area contributed by atoms with Crippen LogP contribution in [-0.2, 0) is 9.53 Å². The van der Waals surface area contributed by atoms with Gasteiger partial charge in [-0.25, -0.2) is 0 Å². The van der Waals surface area contributed by atoms with E-state index in [1.165, 1.54) is 0 Å². The van der Waals surface area contributed by atoms with Crippen molar-refractivity contribution >= 4 is 21.9 Å². The average molecular weight is 301 g/mol. The molecular formula is C13H17BrO3. The molecule has 0 unspecified atom stereocenters. The molecule has 0 saturated heterocycles. The molecule has 0 amide bonds. The van der Waals surface area contributed by atoms with Crippen molar-refractivity contribution in [2.45, 2.75) is 32.8 Å². The van der Waals surface area contributed by atoms with Crippen LogP contribution in [0.25, 0.3) is 0 Å². The topological polar surface area (TPSA) is 35.5 Å². The molecule has 0 saturated carbocycles. The van der Waals surface area contributed by atoms with Crippen LogP contribution in [-0.4, -0.2) is 18.2 Å². The smallest absolute Gasteiger partial charge is 0.309 e. The van der Waals surface area contributed by atoms with Gasteiger partial charge in [-0.2, -0.15) is 0 Å². The molecule has 0 N–H and O–H groups in total. The summed E-state index contributed by atoms with van der Waals surface area (Å²) in [5, 5.41) is 0. The van der Waals surface area contributed by atoms with E-state index >= 15 is 0 Å². The van der Waals surface area contributed by atoms with E-state index in [2.05, 4.69) is 15.9 Å².